The first-order chi connectivity index (χ1) is 16.0. The molecule has 4 rings (SSSR count). The zero-order valence-corrected chi connectivity index (χ0v) is 18.7. The normalized spacial score (nSPS) is 14.6. The maximum Gasteiger partial charge on any atom is 0.313 e. The van der Waals surface area contributed by atoms with Crippen LogP contribution in [0, 0.1) is 10.1 Å². The van der Waals surface area contributed by atoms with Crippen LogP contribution in [0.3, 0.4) is 0 Å². The van der Waals surface area contributed by atoms with Gasteiger partial charge in [0.05, 0.1) is 27.1 Å². The van der Waals surface area contributed by atoms with E-state index in [1.165, 1.54) is 35.5 Å². The number of ether oxygens (including phenoxy) is 1. The number of hydrogen-bond acceptors (Lipinski definition) is 6. The first-order valence-electron chi connectivity index (χ1n) is 10.8. The highest BCUT2D eigenvalue weighted by Gasteiger charge is 2.23. The molecule has 1 fully saturated rings. The summed E-state index contributed by atoms with van der Waals surface area (Å²) in [6.07, 6.45) is 8.05. The predicted octanol–water partition coefficient (Wildman–Crippen LogP) is 5.45. The fourth-order valence-corrected chi connectivity index (χ4v) is 4.37. The standard InChI is InChI=1S/C24H23ClN4O4/c1-2-12-33-22-19(25)13-16(14-21(22)29(31)32)15-26-28-23(17-8-4-3-5-9-17)27-20-11-7-6-10-18(20)24(28)30/h2,6-7,10-11,13-15,17H,1,3-5,8-9,12H2. The first-order valence-corrected chi connectivity index (χ1v) is 11.1. The summed E-state index contributed by atoms with van der Waals surface area (Å²) in [7, 11) is 0. The second kappa shape index (κ2) is 9.95. The van der Waals surface area contributed by atoms with Gasteiger partial charge in [-0.15, -0.1) is 0 Å². The Labute approximate surface area is 195 Å². The van der Waals surface area contributed by atoms with Gasteiger partial charge >= 0.3 is 5.69 Å². The molecule has 1 heterocycles. The van der Waals surface area contributed by atoms with Crippen LogP contribution in [-0.2, 0) is 0 Å². The molecule has 33 heavy (non-hydrogen) atoms. The minimum Gasteiger partial charge on any atom is -0.482 e. The van der Waals surface area contributed by atoms with Gasteiger partial charge in [-0.2, -0.15) is 9.78 Å². The number of fused-ring (bicyclic) bond motifs is 1. The second-order valence-corrected chi connectivity index (χ2v) is 8.30. The number of halogens is 1. The molecule has 1 aliphatic carbocycles. The Morgan fingerprint density at radius 1 is 1.27 bits per heavy atom. The van der Waals surface area contributed by atoms with Gasteiger partial charge in [0.15, 0.2) is 0 Å². The summed E-state index contributed by atoms with van der Waals surface area (Å²) in [5.41, 5.74) is 0.440. The molecule has 9 heteroatoms. The smallest absolute Gasteiger partial charge is 0.313 e. The highest BCUT2D eigenvalue weighted by atomic mass is 35.5. The van der Waals surface area contributed by atoms with Crippen molar-refractivity contribution in [3.63, 3.8) is 0 Å². The maximum atomic E-state index is 13.3. The number of aromatic nitrogens is 2. The second-order valence-electron chi connectivity index (χ2n) is 7.89. The minimum absolute atomic E-state index is 0.0360. The molecule has 0 bridgehead atoms. The van der Waals surface area contributed by atoms with Gasteiger partial charge in [0.25, 0.3) is 5.56 Å². The molecule has 0 atom stereocenters. The highest BCUT2D eigenvalue weighted by Crippen LogP contribution is 2.36. The topological polar surface area (TPSA) is 99.6 Å². The number of hydrogen-bond donors (Lipinski definition) is 0. The van der Waals surface area contributed by atoms with Crippen molar-refractivity contribution < 1.29 is 9.66 Å². The first kappa shape index (κ1) is 22.7. The zero-order valence-electron chi connectivity index (χ0n) is 17.9. The third-order valence-electron chi connectivity index (χ3n) is 5.66. The van der Waals surface area contributed by atoms with Crippen LogP contribution < -0.4 is 10.3 Å². The fraction of sp³-hybridized carbons (Fsp3) is 0.292. The molecule has 1 aliphatic rings. The summed E-state index contributed by atoms with van der Waals surface area (Å²) >= 11 is 6.25. The molecule has 1 saturated carbocycles. The van der Waals surface area contributed by atoms with Gasteiger partial charge in [-0.1, -0.05) is 55.7 Å². The molecule has 0 N–H and O–H groups in total. The van der Waals surface area contributed by atoms with E-state index < -0.39 is 4.92 Å². The summed E-state index contributed by atoms with van der Waals surface area (Å²) in [6.45, 7) is 3.62. The van der Waals surface area contributed by atoms with E-state index in [2.05, 4.69) is 11.7 Å². The Balaban J connectivity index is 1.80. The highest BCUT2D eigenvalue weighted by molar-refractivity contribution is 6.32. The van der Waals surface area contributed by atoms with E-state index in [9.17, 15) is 14.9 Å². The van der Waals surface area contributed by atoms with E-state index in [0.29, 0.717) is 22.3 Å². The van der Waals surface area contributed by atoms with Gasteiger partial charge < -0.3 is 4.74 Å². The van der Waals surface area contributed by atoms with Gasteiger partial charge in [-0.3, -0.25) is 14.9 Å². The molecular weight excluding hydrogens is 444 g/mol. The zero-order chi connectivity index (χ0) is 23.4. The van der Waals surface area contributed by atoms with Crippen LogP contribution in [0.15, 0.2) is 58.9 Å². The monoisotopic (exact) mass is 466 g/mol. The summed E-state index contributed by atoms with van der Waals surface area (Å²) < 4.78 is 6.68. The van der Waals surface area contributed by atoms with E-state index >= 15 is 0 Å². The van der Waals surface area contributed by atoms with Crippen LogP contribution in [0.1, 0.15) is 49.4 Å². The lowest BCUT2D eigenvalue weighted by atomic mass is 9.88. The number of rotatable bonds is 7. The average molecular weight is 467 g/mol. The molecule has 3 aromatic rings. The van der Waals surface area contributed by atoms with Gasteiger partial charge in [0.1, 0.15) is 12.4 Å². The Morgan fingerprint density at radius 3 is 2.76 bits per heavy atom. The quantitative estimate of drug-likeness (QED) is 0.199. The summed E-state index contributed by atoms with van der Waals surface area (Å²) in [4.78, 5) is 29.0. The largest absolute Gasteiger partial charge is 0.482 e. The van der Waals surface area contributed by atoms with Gasteiger partial charge in [-0.25, -0.2) is 4.98 Å². The van der Waals surface area contributed by atoms with Crippen molar-refractivity contribution in [1.82, 2.24) is 9.66 Å². The molecule has 0 radical (unpaired) electrons. The molecular formula is C24H23ClN4O4. The van der Waals surface area contributed by atoms with Crippen molar-refractivity contribution in [3.8, 4) is 5.75 Å². The van der Waals surface area contributed by atoms with E-state index in [0.717, 1.165) is 25.7 Å². The summed E-state index contributed by atoms with van der Waals surface area (Å²) in [6, 6.07) is 10.00. The maximum absolute atomic E-state index is 13.3. The van der Waals surface area contributed by atoms with Crippen molar-refractivity contribution in [2.45, 2.75) is 38.0 Å². The molecule has 2 aromatic carbocycles. The van der Waals surface area contributed by atoms with Crippen LogP contribution in [0.2, 0.25) is 5.02 Å². The molecule has 0 amide bonds. The number of nitro benzene ring substituents is 1. The van der Waals surface area contributed by atoms with E-state index in [4.69, 9.17) is 21.3 Å². The molecule has 8 nitrogen and oxygen atoms in total. The van der Waals surface area contributed by atoms with Crippen molar-refractivity contribution in [1.29, 1.82) is 0 Å². The molecule has 170 valence electrons. The van der Waals surface area contributed by atoms with Crippen LogP contribution in [0.5, 0.6) is 5.75 Å². The predicted molar refractivity (Wildman–Crippen MR) is 129 cm³/mol. The number of nitro groups is 1. The van der Waals surface area contributed by atoms with Gasteiger partial charge in [0.2, 0.25) is 5.75 Å². The Kier molecular flexibility index (Phi) is 6.84. The van der Waals surface area contributed by atoms with Crippen molar-refractivity contribution in [2.24, 2.45) is 5.10 Å². The van der Waals surface area contributed by atoms with E-state index in [-0.39, 0.29) is 34.5 Å². The fourth-order valence-electron chi connectivity index (χ4n) is 4.10. The Bertz CT molecular complexity index is 1300. The Morgan fingerprint density at radius 2 is 2.03 bits per heavy atom. The Hall–Kier alpha value is -3.52. The third kappa shape index (κ3) is 4.80. The van der Waals surface area contributed by atoms with Gasteiger partial charge in [-0.05, 0) is 31.0 Å². The van der Waals surface area contributed by atoms with Crippen LogP contribution in [-0.4, -0.2) is 27.4 Å². The lowest BCUT2D eigenvalue weighted by molar-refractivity contribution is -0.385. The van der Waals surface area contributed by atoms with E-state index in [1.807, 2.05) is 12.1 Å². The van der Waals surface area contributed by atoms with Crippen molar-refractivity contribution in [3.05, 3.63) is 85.9 Å². The van der Waals surface area contributed by atoms with Gasteiger partial charge in [0, 0.05) is 17.5 Å². The molecule has 1 aromatic heterocycles. The lowest BCUT2D eigenvalue weighted by Gasteiger charge is -2.22. The molecule has 0 saturated heterocycles. The number of nitrogens with zero attached hydrogens (tertiary/aromatic N) is 4. The number of benzene rings is 2. The van der Waals surface area contributed by atoms with Crippen molar-refractivity contribution >= 4 is 34.4 Å². The van der Waals surface area contributed by atoms with Crippen LogP contribution >= 0.6 is 11.6 Å². The summed E-state index contributed by atoms with van der Waals surface area (Å²) in [5, 5.41) is 16.5. The van der Waals surface area contributed by atoms with Crippen LogP contribution in [0.4, 0.5) is 5.69 Å². The molecule has 0 aliphatic heterocycles. The minimum atomic E-state index is -0.571. The summed E-state index contributed by atoms with van der Waals surface area (Å²) in [5.74, 6) is 0.702. The number of para-hydroxylation sites is 1. The molecule has 0 spiro atoms. The van der Waals surface area contributed by atoms with Crippen LogP contribution in [0.25, 0.3) is 10.9 Å². The van der Waals surface area contributed by atoms with Crippen molar-refractivity contribution in [2.75, 3.05) is 6.61 Å². The average Bonchev–Trinajstić information content (AvgIpc) is 2.83. The molecule has 0 unspecified atom stereocenters. The van der Waals surface area contributed by atoms with E-state index in [1.54, 1.807) is 12.1 Å². The lowest BCUT2D eigenvalue weighted by Crippen LogP contribution is -2.25. The SMILES string of the molecule is C=CCOc1c(Cl)cc(C=Nn2c(C3CCCCC3)nc3ccccc3c2=O)cc1[N+](=O)[O-]. The third-order valence-corrected chi connectivity index (χ3v) is 5.94.